The molecule has 2 amide bonds. The molecule has 3 N–H and O–H groups in total. The van der Waals surface area contributed by atoms with Crippen molar-refractivity contribution in [2.45, 2.75) is 19.8 Å². The first-order chi connectivity index (χ1) is 13.0. The summed E-state index contributed by atoms with van der Waals surface area (Å²) in [4.78, 5) is 23.0. The molecule has 7 nitrogen and oxygen atoms in total. The second-order valence-electron chi connectivity index (χ2n) is 6.29. The Labute approximate surface area is 162 Å². The van der Waals surface area contributed by atoms with E-state index in [0.717, 1.165) is 24.7 Å². The fourth-order valence-corrected chi connectivity index (χ4v) is 3.05. The van der Waals surface area contributed by atoms with Gasteiger partial charge in [-0.05, 0) is 38.0 Å². The second kappa shape index (κ2) is 8.85. The summed E-state index contributed by atoms with van der Waals surface area (Å²) < 4.78 is 13.1. The Morgan fingerprint density at radius 3 is 2.74 bits per heavy atom. The molecule has 0 radical (unpaired) electrons. The Bertz CT molecular complexity index is 812. The van der Waals surface area contributed by atoms with E-state index in [-0.39, 0.29) is 5.02 Å². The highest BCUT2D eigenvalue weighted by atomic mass is 35.5. The summed E-state index contributed by atoms with van der Waals surface area (Å²) in [6.45, 7) is 4.80. The highest BCUT2D eigenvalue weighted by Gasteiger charge is 2.15. The first kappa shape index (κ1) is 19.2. The van der Waals surface area contributed by atoms with E-state index in [2.05, 4.69) is 30.8 Å². The molecule has 0 bridgehead atoms. The van der Waals surface area contributed by atoms with E-state index in [1.165, 1.54) is 31.0 Å². The van der Waals surface area contributed by atoms with E-state index in [9.17, 15) is 9.18 Å². The van der Waals surface area contributed by atoms with Gasteiger partial charge in [-0.15, -0.1) is 0 Å². The van der Waals surface area contributed by atoms with Crippen LogP contribution in [0.15, 0.2) is 24.3 Å². The van der Waals surface area contributed by atoms with Crippen molar-refractivity contribution in [1.29, 1.82) is 0 Å². The lowest BCUT2D eigenvalue weighted by Crippen LogP contribution is -2.32. The van der Waals surface area contributed by atoms with Gasteiger partial charge in [0.15, 0.2) is 0 Å². The standard InChI is InChI=1S/C18H22ClFN6O/c1-12-23-16(11-17(24-12)26-8-2-3-9-26)21-6-7-22-18(27)25-13-4-5-15(20)14(19)10-13/h4-5,10-11H,2-3,6-9H2,1H3,(H,21,23,24)(H2,22,25,27). The minimum atomic E-state index is -0.528. The Kier molecular flexibility index (Phi) is 6.28. The average molecular weight is 393 g/mol. The first-order valence-corrected chi connectivity index (χ1v) is 9.23. The Balaban J connectivity index is 1.45. The van der Waals surface area contributed by atoms with Crippen molar-refractivity contribution < 1.29 is 9.18 Å². The third-order valence-electron chi connectivity index (χ3n) is 4.15. The van der Waals surface area contributed by atoms with Gasteiger partial charge in [0.1, 0.15) is 23.3 Å². The highest BCUT2D eigenvalue weighted by Crippen LogP contribution is 2.20. The minimum Gasteiger partial charge on any atom is -0.368 e. The zero-order valence-corrected chi connectivity index (χ0v) is 15.8. The molecule has 144 valence electrons. The fraction of sp³-hybridized carbons (Fsp3) is 0.389. The van der Waals surface area contributed by atoms with Crippen LogP contribution in [0.4, 0.5) is 26.5 Å². The number of aryl methyl sites for hydroxylation is 1. The van der Waals surface area contributed by atoms with Crippen molar-refractivity contribution in [2.24, 2.45) is 0 Å². The molecule has 1 saturated heterocycles. The number of halogens is 2. The summed E-state index contributed by atoms with van der Waals surface area (Å²) in [6.07, 6.45) is 2.37. The smallest absolute Gasteiger partial charge is 0.319 e. The molecule has 2 heterocycles. The largest absolute Gasteiger partial charge is 0.368 e. The Morgan fingerprint density at radius 1 is 1.22 bits per heavy atom. The third-order valence-corrected chi connectivity index (χ3v) is 4.44. The summed E-state index contributed by atoms with van der Waals surface area (Å²) >= 11 is 5.69. The summed E-state index contributed by atoms with van der Waals surface area (Å²) in [5.74, 6) is 1.85. The van der Waals surface area contributed by atoms with Gasteiger partial charge in [-0.25, -0.2) is 19.2 Å². The molecular formula is C18H22ClFN6O. The first-order valence-electron chi connectivity index (χ1n) is 8.86. The van der Waals surface area contributed by atoms with Gasteiger partial charge in [0, 0.05) is 37.9 Å². The van der Waals surface area contributed by atoms with Crippen molar-refractivity contribution in [3.63, 3.8) is 0 Å². The molecule has 0 saturated carbocycles. The lowest BCUT2D eigenvalue weighted by Gasteiger charge is -2.17. The van der Waals surface area contributed by atoms with Gasteiger partial charge in [0.25, 0.3) is 0 Å². The highest BCUT2D eigenvalue weighted by molar-refractivity contribution is 6.31. The number of benzene rings is 1. The van der Waals surface area contributed by atoms with Crippen molar-refractivity contribution in [3.05, 3.63) is 40.9 Å². The van der Waals surface area contributed by atoms with Gasteiger partial charge in [-0.3, -0.25) is 0 Å². The molecular weight excluding hydrogens is 371 g/mol. The number of carbonyl (C=O) groups excluding carboxylic acids is 1. The number of aromatic nitrogens is 2. The fourth-order valence-electron chi connectivity index (χ4n) is 2.87. The van der Waals surface area contributed by atoms with Crippen LogP contribution in [0.1, 0.15) is 18.7 Å². The van der Waals surface area contributed by atoms with Gasteiger partial charge in [0.2, 0.25) is 0 Å². The topological polar surface area (TPSA) is 82.2 Å². The number of hydrogen-bond donors (Lipinski definition) is 3. The molecule has 1 aromatic carbocycles. The normalized spacial score (nSPS) is 13.5. The second-order valence-corrected chi connectivity index (χ2v) is 6.70. The SMILES string of the molecule is Cc1nc(NCCNC(=O)Nc2ccc(F)c(Cl)c2)cc(N2CCCC2)n1. The van der Waals surface area contributed by atoms with Crippen LogP contribution in [0, 0.1) is 12.7 Å². The lowest BCUT2D eigenvalue weighted by molar-refractivity contribution is 0.252. The van der Waals surface area contributed by atoms with Gasteiger partial charge in [0.05, 0.1) is 5.02 Å². The monoisotopic (exact) mass is 392 g/mol. The number of amides is 2. The summed E-state index contributed by atoms with van der Waals surface area (Å²) in [7, 11) is 0. The van der Waals surface area contributed by atoms with Crippen LogP contribution in [-0.4, -0.2) is 42.2 Å². The van der Waals surface area contributed by atoms with Crippen LogP contribution < -0.4 is 20.9 Å². The van der Waals surface area contributed by atoms with E-state index in [0.29, 0.717) is 24.6 Å². The molecule has 2 aromatic rings. The Morgan fingerprint density at radius 2 is 2.00 bits per heavy atom. The predicted octanol–water partition coefficient (Wildman–Crippen LogP) is 3.41. The molecule has 0 aliphatic carbocycles. The molecule has 0 atom stereocenters. The zero-order chi connectivity index (χ0) is 19.2. The van der Waals surface area contributed by atoms with E-state index in [1.807, 2.05) is 13.0 Å². The van der Waals surface area contributed by atoms with Gasteiger partial charge >= 0.3 is 6.03 Å². The molecule has 1 fully saturated rings. The zero-order valence-electron chi connectivity index (χ0n) is 15.1. The molecule has 1 aliphatic rings. The van der Waals surface area contributed by atoms with Crippen LogP contribution in [0.25, 0.3) is 0 Å². The van der Waals surface area contributed by atoms with Gasteiger partial charge in [-0.1, -0.05) is 11.6 Å². The van der Waals surface area contributed by atoms with Crippen molar-refractivity contribution in [2.75, 3.05) is 41.7 Å². The molecule has 0 unspecified atom stereocenters. The molecule has 1 aliphatic heterocycles. The van der Waals surface area contributed by atoms with Crippen molar-refractivity contribution >= 4 is 35.0 Å². The quantitative estimate of drug-likeness (QED) is 0.656. The Hall–Kier alpha value is -2.61. The van der Waals surface area contributed by atoms with Crippen LogP contribution in [-0.2, 0) is 0 Å². The van der Waals surface area contributed by atoms with Gasteiger partial charge in [-0.2, -0.15) is 0 Å². The van der Waals surface area contributed by atoms with Crippen molar-refractivity contribution in [3.8, 4) is 0 Å². The van der Waals surface area contributed by atoms with E-state index >= 15 is 0 Å². The molecule has 3 rings (SSSR count). The molecule has 9 heteroatoms. The molecule has 0 spiro atoms. The predicted molar refractivity (Wildman–Crippen MR) is 105 cm³/mol. The van der Waals surface area contributed by atoms with Crippen LogP contribution >= 0.6 is 11.6 Å². The molecule has 27 heavy (non-hydrogen) atoms. The van der Waals surface area contributed by atoms with Crippen molar-refractivity contribution in [1.82, 2.24) is 15.3 Å². The van der Waals surface area contributed by atoms with Crippen LogP contribution in [0.2, 0.25) is 5.02 Å². The number of rotatable bonds is 6. The molecule has 1 aromatic heterocycles. The maximum atomic E-state index is 13.1. The van der Waals surface area contributed by atoms with Gasteiger partial charge < -0.3 is 20.9 Å². The summed E-state index contributed by atoms with van der Waals surface area (Å²) in [5.41, 5.74) is 0.425. The minimum absolute atomic E-state index is 0.0394. The number of urea groups is 1. The van der Waals surface area contributed by atoms with Crippen LogP contribution in [0.3, 0.4) is 0 Å². The third kappa shape index (κ3) is 5.43. The number of hydrogen-bond acceptors (Lipinski definition) is 5. The number of nitrogens with one attached hydrogen (secondary N) is 3. The van der Waals surface area contributed by atoms with E-state index in [1.54, 1.807) is 0 Å². The maximum Gasteiger partial charge on any atom is 0.319 e. The maximum absolute atomic E-state index is 13.1. The summed E-state index contributed by atoms with van der Waals surface area (Å²) in [6, 6.07) is 5.55. The van der Waals surface area contributed by atoms with E-state index < -0.39 is 11.8 Å². The summed E-state index contributed by atoms with van der Waals surface area (Å²) in [5, 5.41) is 8.47. The van der Waals surface area contributed by atoms with Crippen LogP contribution in [0.5, 0.6) is 0 Å². The number of carbonyl (C=O) groups is 1. The van der Waals surface area contributed by atoms with E-state index in [4.69, 9.17) is 11.6 Å². The average Bonchev–Trinajstić information content (AvgIpc) is 3.16. The lowest BCUT2D eigenvalue weighted by atomic mass is 10.3. The number of anilines is 3. The number of nitrogens with zero attached hydrogens (tertiary/aromatic N) is 3.